The third-order valence-corrected chi connectivity index (χ3v) is 7.13. The number of hydrogen-bond acceptors (Lipinski definition) is 3. The van der Waals surface area contributed by atoms with E-state index < -0.39 is 12.0 Å². The van der Waals surface area contributed by atoms with E-state index in [2.05, 4.69) is 34.8 Å². The van der Waals surface area contributed by atoms with Gasteiger partial charge in [0.1, 0.15) is 6.04 Å². The van der Waals surface area contributed by atoms with Gasteiger partial charge in [0.25, 0.3) is 5.91 Å². The minimum Gasteiger partial charge on any atom is -0.480 e. The van der Waals surface area contributed by atoms with Crippen molar-refractivity contribution in [2.75, 3.05) is 6.54 Å². The van der Waals surface area contributed by atoms with Crippen LogP contribution in [0.5, 0.6) is 0 Å². The molecule has 37 heavy (non-hydrogen) atoms. The van der Waals surface area contributed by atoms with Crippen molar-refractivity contribution in [2.24, 2.45) is 0 Å². The maximum Gasteiger partial charge on any atom is 0.326 e. The van der Waals surface area contributed by atoms with Gasteiger partial charge in [0.05, 0.1) is 0 Å². The third-order valence-electron chi connectivity index (χ3n) is 6.41. The van der Waals surface area contributed by atoms with Crippen LogP contribution in [0.25, 0.3) is 0 Å². The van der Waals surface area contributed by atoms with E-state index in [1.807, 2.05) is 59.5 Å². The first-order chi connectivity index (χ1) is 17.9. The van der Waals surface area contributed by atoms with Crippen molar-refractivity contribution >= 4 is 40.4 Å². The van der Waals surface area contributed by atoms with Crippen LogP contribution in [0.3, 0.4) is 0 Å². The number of carbonyl (C=O) groups is 3. The number of nitrogens with zero attached hydrogens (tertiary/aromatic N) is 1. The molecule has 2 N–H and O–H groups in total. The van der Waals surface area contributed by atoms with Gasteiger partial charge < -0.3 is 15.3 Å². The lowest BCUT2D eigenvalue weighted by molar-refractivity contribution is -0.142. The van der Waals surface area contributed by atoms with Gasteiger partial charge in [0.2, 0.25) is 5.91 Å². The largest absolute Gasteiger partial charge is 0.480 e. The fourth-order valence-corrected chi connectivity index (χ4v) is 4.61. The van der Waals surface area contributed by atoms with Gasteiger partial charge >= 0.3 is 5.97 Å². The molecule has 2 amide bonds. The Morgan fingerprint density at radius 1 is 0.865 bits per heavy atom. The Kier molecular flexibility index (Phi) is 14.9. The highest BCUT2D eigenvalue weighted by atomic mass is 127. The summed E-state index contributed by atoms with van der Waals surface area (Å²) in [5, 5.41) is 12.3. The van der Waals surface area contributed by atoms with E-state index in [-0.39, 0.29) is 11.8 Å². The molecule has 0 fully saturated rings. The van der Waals surface area contributed by atoms with E-state index in [0.717, 1.165) is 28.4 Å². The molecule has 7 heteroatoms. The number of nitrogens with one attached hydrogen (secondary N) is 1. The van der Waals surface area contributed by atoms with Crippen LogP contribution in [0.4, 0.5) is 0 Å². The molecule has 0 bridgehead atoms. The molecule has 1 unspecified atom stereocenters. The van der Waals surface area contributed by atoms with Crippen molar-refractivity contribution in [3.05, 3.63) is 69.3 Å². The Morgan fingerprint density at radius 2 is 1.51 bits per heavy atom. The van der Waals surface area contributed by atoms with Gasteiger partial charge in [-0.25, -0.2) is 4.79 Å². The zero-order chi connectivity index (χ0) is 26.9. The van der Waals surface area contributed by atoms with E-state index in [1.54, 1.807) is 0 Å². The predicted molar refractivity (Wildman–Crippen MR) is 156 cm³/mol. The molecule has 0 aliphatic heterocycles. The Bertz CT molecular complexity index is 950. The molecule has 0 radical (unpaired) electrons. The number of carboxylic acid groups (broad SMARTS) is 1. The van der Waals surface area contributed by atoms with Crippen LogP contribution < -0.4 is 5.32 Å². The molecule has 202 valence electrons. The smallest absolute Gasteiger partial charge is 0.326 e. The zero-order valence-electron chi connectivity index (χ0n) is 22.0. The van der Waals surface area contributed by atoms with Crippen molar-refractivity contribution in [1.29, 1.82) is 0 Å². The average molecular weight is 621 g/mol. The summed E-state index contributed by atoms with van der Waals surface area (Å²) in [6, 6.07) is 16.5. The molecule has 0 heterocycles. The number of carbonyl (C=O) groups excluding carboxylic acids is 2. The lowest BCUT2D eigenvalue weighted by Gasteiger charge is -2.23. The number of aliphatic carboxylic acids is 1. The Morgan fingerprint density at radius 3 is 2.16 bits per heavy atom. The maximum atomic E-state index is 13.2. The molecule has 0 saturated heterocycles. The highest BCUT2D eigenvalue weighted by Crippen LogP contribution is 2.15. The molecular weight excluding hydrogens is 579 g/mol. The fourth-order valence-electron chi connectivity index (χ4n) is 4.25. The molecule has 0 aliphatic rings. The van der Waals surface area contributed by atoms with Crippen LogP contribution in [-0.4, -0.2) is 40.4 Å². The maximum absolute atomic E-state index is 13.2. The Hall–Kier alpha value is -2.42. The van der Waals surface area contributed by atoms with E-state index in [4.69, 9.17) is 0 Å². The van der Waals surface area contributed by atoms with Crippen molar-refractivity contribution in [3.8, 4) is 0 Å². The van der Waals surface area contributed by atoms with E-state index in [9.17, 15) is 19.5 Å². The summed E-state index contributed by atoms with van der Waals surface area (Å²) in [7, 11) is 0. The summed E-state index contributed by atoms with van der Waals surface area (Å²) >= 11 is 2.21. The molecule has 0 spiro atoms. The zero-order valence-corrected chi connectivity index (χ0v) is 24.1. The summed E-state index contributed by atoms with van der Waals surface area (Å²) in [5.41, 5.74) is 1.68. The highest BCUT2D eigenvalue weighted by Gasteiger charge is 2.20. The van der Waals surface area contributed by atoms with Gasteiger partial charge in [-0.15, -0.1) is 0 Å². The van der Waals surface area contributed by atoms with Crippen LogP contribution in [0.15, 0.2) is 54.6 Å². The SMILES string of the molecule is CCCCCCCCCC(=O)NC(CCCCN(Cc1ccccc1)C(=O)c1ccc(I)cc1)C(=O)O. The number of halogens is 1. The normalized spacial score (nSPS) is 11.6. The van der Waals surface area contributed by atoms with Gasteiger partial charge in [0, 0.05) is 28.6 Å². The first kappa shape index (κ1) is 30.8. The summed E-state index contributed by atoms with van der Waals surface area (Å²) < 4.78 is 1.07. The molecule has 1 atom stereocenters. The minimum atomic E-state index is -1.01. The highest BCUT2D eigenvalue weighted by molar-refractivity contribution is 14.1. The Labute approximate surface area is 235 Å². The van der Waals surface area contributed by atoms with Crippen molar-refractivity contribution in [3.63, 3.8) is 0 Å². The van der Waals surface area contributed by atoms with E-state index >= 15 is 0 Å². The summed E-state index contributed by atoms with van der Waals surface area (Å²) in [6.45, 7) is 3.19. The molecular formula is C30H41IN2O4. The molecule has 2 aromatic carbocycles. The van der Waals surface area contributed by atoms with Crippen molar-refractivity contribution in [2.45, 2.75) is 90.1 Å². The predicted octanol–water partition coefficient (Wildman–Crippen LogP) is 6.81. The van der Waals surface area contributed by atoms with Crippen molar-refractivity contribution in [1.82, 2.24) is 10.2 Å². The second-order valence-corrected chi connectivity index (χ2v) is 10.8. The molecule has 0 aromatic heterocycles. The molecule has 0 saturated carbocycles. The lowest BCUT2D eigenvalue weighted by Crippen LogP contribution is -2.40. The fraction of sp³-hybridized carbons (Fsp3) is 0.500. The molecule has 2 rings (SSSR count). The number of benzene rings is 2. The van der Waals surface area contributed by atoms with Crippen LogP contribution in [0.1, 0.15) is 93.5 Å². The van der Waals surface area contributed by atoms with Crippen molar-refractivity contribution < 1.29 is 19.5 Å². The van der Waals surface area contributed by atoms with Gasteiger partial charge in [-0.2, -0.15) is 0 Å². The quantitative estimate of drug-likeness (QED) is 0.142. The van der Waals surface area contributed by atoms with Gasteiger partial charge in [0.15, 0.2) is 0 Å². The van der Waals surface area contributed by atoms with Gasteiger partial charge in [-0.1, -0.05) is 75.8 Å². The van der Waals surface area contributed by atoms with Gasteiger partial charge in [-0.3, -0.25) is 9.59 Å². The monoisotopic (exact) mass is 620 g/mol. The van der Waals surface area contributed by atoms with Crippen LogP contribution in [-0.2, 0) is 16.1 Å². The third kappa shape index (κ3) is 12.6. The second kappa shape index (κ2) is 17.9. The number of hydrogen-bond donors (Lipinski definition) is 2. The Balaban J connectivity index is 1.82. The van der Waals surface area contributed by atoms with Gasteiger partial charge in [-0.05, 0) is 78.1 Å². The summed E-state index contributed by atoms with van der Waals surface area (Å²) in [6.07, 6.45) is 9.78. The topological polar surface area (TPSA) is 86.7 Å². The van der Waals surface area contributed by atoms with Crippen LogP contribution in [0, 0.1) is 3.57 Å². The minimum absolute atomic E-state index is 0.0435. The number of rotatable bonds is 18. The van der Waals surface area contributed by atoms with Crippen LogP contribution >= 0.6 is 22.6 Å². The lowest BCUT2D eigenvalue weighted by atomic mass is 10.1. The molecule has 0 aliphatic carbocycles. The summed E-state index contributed by atoms with van der Waals surface area (Å²) in [4.78, 5) is 39.0. The number of unbranched alkanes of at least 4 members (excludes halogenated alkanes) is 7. The molecule has 6 nitrogen and oxygen atoms in total. The van der Waals surface area contributed by atoms with E-state index in [1.165, 1.54) is 25.7 Å². The van der Waals surface area contributed by atoms with Crippen LogP contribution in [0.2, 0.25) is 0 Å². The first-order valence-corrected chi connectivity index (χ1v) is 14.6. The average Bonchev–Trinajstić information content (AvgIpc) is 2.89. The van der Waals surface area contributed by atoms with E-state index in [0.29, 0.717) is 44.3 Å². The second-order valence-electron chi connectivity index (χ2n) is 9.54. The summed E-state index contributed by atoms with van der Waals surface area (Å²) in [5.74, 6) is -1.25. The number of amides is 2. The standard InChI is InChI=1S/C30H41IN2O4/c1-2-3-4-5-6-7-11-17-28(34)32-27(30(36)37)16-12-13-22-33(23-24-14-9-8-10-15-24)29(35)25-18-20-26(31)21-19-25/h8-10,14-15,18-21,27H,2-7,11-13,16-17,22-23H2,1H3,(H,32,34)(H,36,37). The first-order valence-electron chi connectivity index (χ1n) is 13.5. The molecule has 2 aromatic rings. The number of carboxylic acids is 1.